The zero-order chi connectivity index (χ0) is 23.7. The Labute approximate surface area is 195 Å². The topological polar surface area (TPSA) is 23.8 Å². The van der Waals surface area contributed by atoms with E-state index in [1.807, 2.05) is 6.08 Å². The lowest BCUT2D eigenvalue weighted by molar-refractivity contribution is -0.137. The van der Waals surface area contributed by atoms with Crippen LogP contribution in [0.1, 0.15) is 94.1 Å². The highest BCUT2D eigenvalue weighted by Crippen LogP contribution is 2.39. The van der Waals surface area contributed by atoms with Crippen LogP contribution in [-0.4, -0.2) is 0 Å². The van der Waals surface area contributed by atoms with Crippen molar-refractivity contribution < 1.29 is 17.6 Å². The molecule has 0 aliphatic heterocycles. The fraction of sp³-hybridized carbons (Fsp3) is 0.607. The van der Waals surface area contributed by atoms with Gasteiger partial charge in [-0.1, -0.05) is 50.0 Å². The first-order valence-corrected chi connectivity index (χ1v) is 12.5. The van der Waals surface area contributed by atoms with E-state index in [1.54, 1.807) is 18.2 Å². The molecule has 0 N–H and O–H groups in total. The van der Waals surface area contributed by atoms with Gasteiger partial charge in [0, 0.05) is 0 Å². The molecule has 0 saturated heterocycles. The summed E-state index contributed by atoms with van der Waals surface area (Å²) in [7, 11) is 0. The van der Waals surface area contributed by atoms with Gasteiger partial charge in [-0.05, 0) is 98.8 Å². The molecule has 0 bridgehead atoms. The summed E-state index contributed by atoms with van der Waals surface area (Å²) in [4.78, 5) is 0. The van der Waals surface area contributed by atoms with E-state index >= 15 is 0 Å². The summed E-state index contributed by atoms with van der Waals surface area (Å²) in [6.45, 7) is 0. The molecule has 1 aromatic carbocycles. The predicted molar refractivity (Wildman–Crippen MR) is 124 cm³/mol. The summed E-state index contributed by atoms with van der Waals surface area (Å²) in [6.07, 6.45) is 15.1. The predicted octanol–water partition coefficient (Wildman–Crippen LogP) is 9.28. The lowest BCUT2D eigenvalue weighted by atomic mass is 9.76. The van der Waals surface area contributed by atoms with Gasteiger partial charge in [-0.3, -0.25) is 0 Å². The zero-order valence-electron chi connectivity index (χ0n) is 19.3. The van der Waals surface area contributed by atoms with Crippen LogP contribution in [0.15, 0.2) is 48.3 Å². The van der Waals surface area contributed by atoms with Gasteiger partial charge in [-0.2, -0.15) is 22.8 Å². The molecule has 2 fully saturated rings. The third kappa shape index (κ3) is 8.32. The first-order valence-electron chi connectivity index (χ1n) is 12.5. The average molecular weight is 462 g/mol. The molecule has 1 aromatic rings. The second kappa shape index (κ2) is 12.4. The molecule has 0 aromatic heterocycles. The number of nitriles is 1. The Kier molecular flexibility index (Phi) is 9.59. The molecule has 0 unspecified atom stereocenters. The first kappa shape index (κ1) is 25.5. The van der Waals surface area contributed by atoms with Gasteiger partial charge in [0.25, 0.3) is 0 Å². The van der Waals surface area contributed by atoms with Gasteiger partial charge in [0.1, 0.15) is 6.07 Å². The molecule has 2 saturated carbocycles. The number of alkyl halides is 3. The molecular weight excluding hydrogens is 426 g/mol. The van der Waals surface area contributed by atoms with Crippen molar-refractivity contribution in [3.05, 3.63) is 59.4 Å². The fourth-order valence-corrected chi connectivity index (χ4v) is 5.60. The van der Waals surface area contributed by atoms with Gasteiger partial charge in [0.2, 0.25) is 0 Å². The Balaban J connectivity index is 1.27. The molecule has 5 heteroatoms. The van der Waals surface area contributed by atoms with E-state index in [0.717, 1.165) is 43.1 Å². The van der Waals surface area contributed by atoms with E-state index in [9.17, 15) is 17.6 Å². The van der Waals surface area contributed by atoms with Gasteiger partial charge >= 0.3 is 6.18 Å². The molecule has 2 aliphatic carbocycles. The molecule has 3 rings (SSSR count). The van der Waals surface area contributed by atoms with E-state index in [4.69, 9.17) is 5.26 Å². The smallest absolute Gasteiger partial charge is 0.195 e. The second-order valence-corrected chi connectivity index (χ2v) is 9.91. The third-order valence-electron chi connectivity index (χ3n) is 7.65. The van der Waals surface area contributed by atoms with E-state index in [-0.39, 0.29) is 0 Å². The van der Waals surface area contributed by atoms with Crippen molar-refractivity contribution in [2.45, 2.75) is 89.1 Å². The SMILES string of the molecule is N#CC(F)=CC=CC1CCC(CCCCC2CCC(c3ccc(C(F)(F)F)cc3)CC2)CC1. The van der Waals surface area contributed by atoms with Crippen LogP contribution >= 0.6 is 0 Å². The standard InChI is InChI=1S/C28H35F4N/c29-27(20-33)7-3-6-23-10-8-21(9-11-23)4-1-2-5-22-12-14-24(15-13-22)25-16-18-26(19-17-25)28(30,31)32/h3,6-7,16-19,21-24H,1-2,4-5,8-15H2. The number of hydrogen-bond acceptors (Lipinski definition) is 1. The Bertz CT molecular complexity index is 815. The molecule has 0 radical (unpaired) electrons. The Morgan fingerprint density at radius 2 is 1.42 bits per heavy atom. The summed E-state index contributed by atoms with van der Waals surface area (Å²) < 4.78 is 51.1. The van der Waals surface area contributed by atoms with Crippen LogP contribution in [0.5, 0.6) is 0 Å². The zero-order valence-corrected chi connectivity index (χ0v) is 19.3. The van der Waals surface area contributed by atoms with Crippen LogP contribution in [0.25, 0.3) is 0 Å². The number of nitrogens with zero attached hydrogens (tertiary/aromatic N) is 1. The van der Waals surface area contributed by atoms with Crippen molar-refractivity contribution in [2.75, 3.05) is 0 Å². The van der Waals surface area contributed by atoms with Crippen molar-refractivity contribution >= 4 is 0 Å². The molecular formula is C28H35F4N. The van der Waals surface area contributed by atoms with Crippen LogP contribution in [0, 0.1) is 29.1 Å². The summed E-state index contributed by atoms with van der Waals surface area (Å²) in [5.74, 6) is 1.73. The van der Waals surface area contributed by atoms with E-state index in [1.165, 1.54) is 75.6 Å². The quantitative estimate of drug-likeness (QED) is 0.164. The summed E-state index contributed by atoms with van der Waals surface area (Å²) >= 11 is 0. The highest BCUT2D eigenvalue weighted by atomic mass is 19.4. The first-order chi connectivity index (χ1) is 15.8. The number of allylic oxidation sites excluding steroid dienone is 4. The van der Waals surface area contributed by atoms with Gasteiger partial charge in [-0.25, -0.2) is 0 Å². The monoisotopic (exact) mass is 461 g/mol. The molecule has 0 heterocycles. The molecule has 33 heavy (non-hydrogen) atoms. The largest absolute Gasteiger partial charge is 0.416 e. The third-order valence-corrected chi connectivity index (χ3v) is 7.65. The number of benzene rings is 1. The highest BCUT2D eigenvalue weighted by molar-refractivity contribution is 5.27. The Hall–Kier alpha value is -2.09. The van der Waals surface area contributed by atoms with Crippen LogP contribution in [0.2, 0.25) is 0 Å². The van der Waals surface area contributed by atoms with E-state index in [0.29, 0.717) is 11.8 Å². The highest BCUT2D eigenvalue weighted by Gasteiger charge is 2.30. The molecule has 2 aliphatic rings. The van der Waals surface area contributed by atoms with Gasteiger partial charge in [0.05, 0.1) is 5.56 Å². The molecule has 180 valence electrons. The minimum atomic E-state index is -4.26. The molecule has 0 amide bonds. The summed E-state index contributed by atoms with van der Waals surface area (Å²) in [5.41, 5.74) is 0.492. The fourth-order valence-electron chi connectivity index (χ4n) is 5.60. The molecule has 1 nitrogen and oxygen atoms in total. The van der Waals surface area contributed by atoms with Gasteiger partial charge in [0.15, 0.2) is 5.83 Å². The maximum atomic E-state index is 12.8. The van der Waals surface area contributed by atoms with Crippen molar-refractivity contribution in [3.8, 4) is 6.07 Å². The maximum absolute atomic E-state index is 12.8. The number of unbranched alkanes of at least 4 members (excludes halogenated alkanes) is 1. The molecule has 0 spiro atoms. The summed E-state index contributed by atoms with van der Waals surface area (Å²) in [6, 6.07) is 7.26. The van der Waals surface area contributed by atoms with Crippen LogP contribution in [-0.2, 0) is 6.18 Å². The van der Waals surface area contributed by atoms with Crippen molar-refractivity contribution in [1.29, 1.82) is 5.26 Å². The Morgan fingerprint density at radius 1 is 0.879 bits per heavy atom. The van der Waals surface area contributed by atoms with Crippen LogP contribution in [0.3, 0.4) is 0 Å². The molecule has 0 atom stereocenters. The second-order valence-electron chi connectivity index (χ2n) is 9.91. The van der Waals surface area contributed by atoms with Crippen LogP contribution < -0.4 is 0 Å². The number of halogens is 4. The van der Waals surface area contributed by atoms with Gasteiger partial charge in [-0.15, -0.1) is 0 Å². The summed E-state index contributed by atoms with van der Waals surface area (Å²) in [5, 5.41) is 8.42. The lowest BCUT2D eigenvalue weighted by Gasteiger charge is -2.29. The number of rotatable bonds is 8. The minimum Gasteiger partial charge on any atom is -0.195 e. The van der Waals surface area contributed by atoms with Crippen molar-refractivity contribution in [2.24, 2.45) is 17.8 Å². The number of hydrogen-bond donors (Lipinski definition) is 0. The Morgan fingerprint density at radius 3 is 1.94 bits per heavy atom. The lowest BCUT2D eigenvalue weighted by Crippen LogP contribution is -2.15. The van der Waals surface area contributed by atoms with E-state index in [2.05, 4.69) is 0 Å². The van der Waals surface area contributed by atoms with Gasteiger partial charge < -0.3 is 0 Å². The normalized spacial score (nSPS) is 26.9. The van der Waals surface area contributed by atoms with E-state index < -0.39 is 17.6 Å². The maximum Gasteiger partial charge on any atom is 0.416 e. The van der Waals surface area contributed by atoms with Crippen LogP contribution in [0.4, 0.5) is 17.6 Å². The minimum absolute atomic E-state index is 0.402. The van der Waals surface area contributed by atoms with Crippen molar-refractivity contribution in [3.63, 3.8) is 0 Å². The van der Waals surface area contributed by atoms with Crippen molar-refractivity contribution in [1.82, 2.24) is 0 Å². The average Bonchev–Trinajstić information content (AvgIpc) is 2.82.